The Morgan fingerprint density at radius 1 is 1.57 bits per heavy atom. The summed E-state index contributed by atoms with van der Waals surface area (Å²) in [6.07, 6.45) is 1.77. The first-order valence-corrected chi connectivity index (χ1v) is 6.70. The van der Waals surface area contributed by atoms with Gasteiger partial charge in [0.05, 0.1) is 17.1 Å². The van der Waals surface area contributed by atoms with E-state index in [0.29, 0.717) is 12.3 Å². The zero-order valence-corrected chi connectivity index (χ0v) is 11.7. The zero-order valence-electron chi connectivity index (χ0n) is 11.7. The molecule has 1 heterocycles. The Kier molecular flexibility index (Phi) is 4.71. The van der Waals surface area contributed by atoms with Crippen molar-refractivity contribution < 1.29 is 14.5 Å². The van der Waals surface area contributed by atoms with Gasteiger partial charge in [-0.3, -0.25) is 20.8 Å². The third kappa shape index (κ3) is 3.47. The molecule has 0 aromatic heterocycles. The van der Waals surface area contributed by atoms with E-state index in [2.05, 4.69) is 10.7 Å². The summed E-state index contributed by atoms with van der Waals surface area (Å²) in [4.78, 5) is 22.7. The van der Waals surface area contributed by atoms with Crippen LogP contribution in [0.1, 0.15) is 30.1 Å². The molecular weight excluding hydrogens is 276 g/mol. The number of carbonyl (C=O) groups is 1. The second-order valence-electron chi connectivity index (χ2n) is 4.95. The third-order valence-electron chi connectivity index (χ3n) is 3.49. The van der Waals surface area contributed by atoms with Crippen molar-refractivity contribution in [2.45, 2.75) is 31.9 Å². The van der Waals surface area contributed by atoms with Crippen molar-refractivity contribution in [3.63, 3.8) is 0 Å². The fourth-order valence-corrected chi connectivity index (χ4v) is 2.34. The Labute approximate surface area is 121 Å². The average Bonchev–Trinajstić information content (AvgIpc) is 3.00. The van der Waals surface area contributed by atoms with E-state index >= 15 is 0 Å². The number of nitrogen functional groups attached to an aromatic ring is 1. The van der Waals surface area contributed by atoms with Crippen LogP contribution in [0, 0.1) is 10.1 Å². The molecule has 0 radical (unpaired) electrons. The minimum atomic E-state index is -0.591. The molecule has 8 nitrogen and oxygen atoms in total. The topological polar surface area (TPSA) is 120 Å². The van der Waals surface area contributed by atoms with Gasteiger partial charge >= 0.3 is 0 Å². The van der Waals surface area contributed by atoms with E-state index in [9.17, 15) is 14.9 Å². The zero-order chi connectivity index (χ0) is 15.4. The van der Waals surface area contributed by atoms with Crippen molar-refractivity contribution in [1.29, 1.82) is 0 Å². The molecule has 1 aromatic carbocycles. The fraction of sp³-hybridized carbons (Fsp3) is 0.462. The fourth-order valence-electron chi connectivity index (χ4n) is 2.34. The molecule has 2 rings (SSSR count). The number of nitrogens with one attached hydrogen (secondary N) is 2. The predicted molar refractivity (Wildman–Crippen MR) is 76.8 cm³/mol. The molecule has 2 atom stereocenters. The monoisotopic (exact) mass is 294 g/mol. The van der Waals surface area contributed by atoms with Gasteiger partial charge in [-0.2, -0.15) is 0 Å². The highest BCUT2D eigenvalue weighted by atomic mass is 16.6. The number of nitro benzene ring substituents is 1. The van der Waals surface area contributed by atoms with Crippen molar-refractivity contribution in [2.75, 3.05) is 12.0 Å². The van der Waals surface area contributed by atoms with Crippen LogP contribution in [0.15, 0.2) is 18.2 Å². The molecule has 0 spiro atoms. The lowest BCUT2D eigenvalue weighted by Crippen LogP contribution is -2.41. The number of nitrogens with zero attached hydrogens (tertiary/aromatic N) is 1. The largest absolute Gasteiger partial charge is 0.376 e. The van der Waals surface area contributed by atoms with Crippen LogP contribution in [0.3, 0.4) is 0 Å². The van der Waals surface area contributed by atoms with Gasteiger partial charge in [-0.1, -0.05) is 0 Å². The predicted octanol–water partition coefficient (Wildman–Crippen LogP) is 1.18. The van der Waals surface area contributed by atoms with Crippen molar-refractivity contribution >= 4 is 17.3 Å². The van der Waals surface area contributed by atoms with E-state index in [0.717, 1.165) is 12.8 Å². The quantitative estimate of drug-likeness (QED) is 0.426. The number of benzene rings is 1. The number of amides is 1. The number of carbonyl (C=O) groups excluding carboxylic acids is 1. The molecule has 1 aliphatic heterocycles. The molecule has 4 N–H and O–H groups in total. The summed E-state index contributed by atoms with van der Waals surface area (Å²) in [5.74, 6) is 4.76. The van der Waals surface area contributed by atoms with E-state index in [1.165, 1.54) is 18.2 Å². The minimum absolute atomic E-state index is 0.0275. The summed E-state index contributed by atoms with van der Waals surface area (Å²) >= 11 is 0. The Balaban J connectivity index is 2.18. The molecule has 8 heteroatoms. The van der Waals surface area contributed by atoms with Crippen molar-refractivity contribution in [3.05, 3.63) is 33.9 Å². The second-order valence-corrected chi connectivity index (χ2v) is 4.95. The lowest BCUT2D eigenvalue weighted by Gasteiger charge is -2.20. The van der Waals surface area contributed by atoms with Gasteiger partial charge in [0, 0.05) is 18.4 Å². The number of nitrogens with two attached hydrogens (primary N) is 1. The standard InChI is InChI=1S/C13H18N4O4/c1-8(12-3-2-6-21-12)15-13(18)10-7-9(16-14)4-5-11(10)17(19)20/h4-5,7-8,12,16H,2-3,6,14H2,1H3,(H,15,18). The molecule has 1 fully saturated rings. The van der Waals surface area contributed by atoms with Crippen molar-refractivity contribution in [3.8, 4) is 0 Å². The Morgan fingerprint density at radius 3 is 2.90 bits per heavy atom. The van der Waals surface area contributed by atoms with E-state index in [-0.39, 0.29) is 23.4 Å². The van der Waals surface area contributed by atoms with Gasteiger partial charge in [-0.15, -0.1) is 0 Å². The van der Waals surface area contributed by atoms with Gasteiger partial charge in [-0.25, -0.2) is 0 Å². The van der Waals surface area contributed by atoms with Gasteiger partial charge in [0.2, 0.25) is 0 Å². The summed E-state index contributed by atoms with van der Waals surface area (Å²) in [6, 6.07) is 3.84. The first kappa shape index (κ1) is 15.2. The van der Waals surface area contributed by atoms with Crippen LogP contribution in [0.25, 0.3) is 0 Å². The van der Waals surface area contributed by atoms with Gasteiger partial charge in [0.1, 0.15) is 5.56 Å². The lowest BCUT2D eigenvalue weighted by molar-refractivity contribution is -0.385. The highest BCUT2D eigenvalue weighted by Gasteiger charge is 2.27. The number of hydrogen-bond acceptors (Lipinski definition) is 6. The highest BCUT2D eigenvalue weighted by Crippen LogP contribution is 2.23. The maximum absolute atomic E-state index is 12.3. The Morgan fingerprint density at radius 2 is 2.33 bits per heavy atom. The molecule has 0 bridgehead atoms. The third-order valence-corrected chi connectivity index (χ3v) is 3.49. The molecule has 0 aliphatic carbocycles. The maximum atomic E-state index is 12.3. The SMILES string of the molecule is CC(NC(=O)c1cc(NN)ccc1[N+](=O)[O-])C1CCCO1. The average molecular weight is 294 g/mol. The van der Waals surface area contributed by atoms with Crippen molar-refractivity contribution in [1.82, 2.24) is 5.32 Å². The number of hydrazine groups is 1. The molecule has 0 saturated carbocycles. The number of ether oxygens (including phenoxy) is 1. The van der Waals surface area contributed by atoms with Gasteiger partial charge in [0.25, 0.3) is 11.6 Å². The van der Waals surface area contributed by atoms with Crippen LogP contribution in [0.2, 0.25) is 0 Å². The van der Waals surface area contributed by atoms with Crippen molar-refractivity contribution in [2.24, 2.45) is 5.84 Å². The molecule has 1 saturated heterocycles. The summed E-state index contributed by atoms with van der Waals surface area (Å²) in [5.41, 5.74) is 2.51. The molecule has 1 aromatic rings. The van der Waals surface area contributed by atoms with E-state index in [4.69, 9.17) is 10.6 Å². The summed E-state index contributed by atoms with van der Waals surface area (Å²) in [5, 5.41) is 13.8. The first-order valence-electron chi connectivity index (χ1n) is 6.70. The summed E-state index contributed by atoms with van der Waals surface area (Å²) in [7, 11) is 0. The number of rotatable bonds is 5. The summed E-state index contributed by atoms with van der Waals surface area (Å²) < 4.78 is 5.49. The minimum Gasteiger partial charge on any atom is -0.376 e. The molecule has 2 unspecified atom stereocenters. The van der Waals surface area contributed by atoms with Crippen LogP contribution >= 0.6 is 0 Å². The number of nitro groups is 1. The molecule has 1 aliphatic rings. The Bertz CT molecular complexity index is 543. The van der Waals surface area contributed by atoms with Gasteiger partial charge < -0.3 is 15.5 Å². The smallest absolute Gasteiger partial charge is 0.282 e. The number of anilines is 1. The summed E-state index contributed by atoms with van der Waals surface area (Å²) in [6.45, 7) is 2.50. The maximum Gasteiger partial charge on any atom is 0.282 e. The molecule has 114 valence electrons. The van der Waals surface area contributed by atoms with E-state index in [1.54, 1.807) is 0 Å². The molecule has 21 heavy (non-hydrogen) atoms. The number of hydrogen-bond donors (Lipinski definition) is 3. The van der Waals surface area contributed by atoms with Gasteiger partial charge in [0.15, 0.2) is 0 Å². The second kappa shape index (κ2) is 6.51. The van der Waals surface area contributed by atoms with Gasteiger partial charge in [-0.05, 0) is 31.9 Å². The molecular formula is C13H18N4O4. The lowest BCUT2D eigenvalue weighted by atomic mass is 10.1. The van der Waals surface area contributed by atoms with Crippen LogP contribution in [-0.4, -0.2) is 29.6 Å². The normalized spacial score (nSPS) is 19.0. The van der Waals surface area contributed by atoms with E-state index in [1.807, 2.05) is 6.92 Å². The highest BCUT2D eigenvalue weighted by molar-refractivity contribution is 5.99. The van der Waals surface area contributed by atoms with Crippen LogP contribution in [0.5, 0.6) is 0 Å². The van der Waals surface area contributed by atoms with Crippen LogP contribution in [0.4, 0.5) is 11.4 Å². The van der Waals surface area contributed by atoms with E-state index < -0.39 is 10.8 Å². The van der Waals surface area contributed by atoms with Crippen LogP contribution in [-0.2, 0) is 4.74 Å². The molecule has 1 amide bonds. The Hall–Kier alpha value is -2.19. The first-order chi connectivity index (χ1) is 10.0. The van der Waals surface area contributed by atoms with Crippen LogP contribution < -0.4 is 16.6 Å².